The van der Waals surface area contributed by atoms with Gasteiger partial charge in [-0.2, -0.15) is 0 Å². The summed E-state index contributed by atoms with van der Waals surface area (Å²) in [6.07, 6.45) is 2.08. The number of piperidine rings is 1. The van der Waals surface area contributed by atoms with E-state index in [0.717, 1.165) is 32.5 Å². The van der Waals surface area contributed by atoms with Gasteiger partial charge in [-0.05, 0) is 32.4 Å². The van der Waals surface area contributed by atoms with Crippen LogP contribution in [0.4, 0.5) is 5.69 Å². The minimum Gasteiger partial charge on any atom is -0.342 e. The second kappa shape index (κ2) is 8.70. The van der Waals surface area contributed by atoms with Crippen LogP contribution in [0.2, 0.25) is 0 Å². The third-order valence-corrected chi connectivity index (χ3v) is 3.99. The molecule has 1 aliphatic rings. The van der Waals surface area contributed by atoms with Crippen LogP contribution in [0, 0.1) is 16.0 Å². The average Bonchev–Trinajstić information content (AvgIpc) is 2.48. The maximum Gasteiger partial charge on any atom is 0.273 e. The Labute approximate surface area is 136 Å². The van der Waals surface area contributed by atoms with E-state index in [2.05, 4.69) is 5.32 Å². The minimum atomic E-state index is -0.429. The van der Waals surface area contributed by atoms with E-state index in [0.29, 0.717) is 11.5 Å². The fraction of sp³-hybridized carbons (Fsp3) is 0.533. The summed E-state index contributed by atoms with van der Waals surface area (Å²) in [5.41, 5.74) is 0.515. The van der Waals surface area contributed by atoms with Crippen LogP contribution in [-0.4, -0.2) is 42.4 Å². The fourth-order valence-corrected chi connectivity index (χ4v) is 2.79. The molecule has 0 atom stereocenters. The van der Waals surface area contributed by atoms with E-state index in [1.54, 1.807) is 18.2 Å². The number of amides is 1. The molecule has 0 unspecified atom stereocenters. The lowest BCUT2D eigenvalue weighted by atomic mass is 9.96. The van der Waals surface area contributed by atoms with Crippen molar-refractivity contribution in [2.24, 2.45) is 5.92 Å². The number of para-hydroxylation sites is 1. The lowest BCUT2D eigenvalue weighted by Gasteiger charge is -2.32. The van der Waals surface area contributed by atoms with Crippen LogP contribution in [-0.2, 0) is 11.2 Å². The van der Waals surface area contributed by atoms with Crippen LogP contribution >= 0.6 is 12.4 Å². The molecule has 1 aromatic carbocycles. The van der Waals surface area contributed by atoms with Crippen molar-refractivity contribution >= 4 is 24.0 Å². The van der Waals surface area contributed by atoms with E-state index in [1.807, 2.05) is 11.9 Å². The molecular formula is C15H22ClN3O3. The number of hydrogen-bond acceptors (Lipinski definition) is 4. The Bertz CT molecular complexity index is 517. The van der Waals surface area contributed by atoms with Gasteiger partial charge in [-0.15, -0.1) is 12.4 Å². The summed E-state index contributed by atoms with van der Waals surface area (Å²) in [4.78, 5) is 24.7. The van der Waals surface area contributed by atoms with E-state index >= 15 is 0 Å². The predicted molar refractivity (Wildman–Crippen MR) is 87.3 cm³/mol. The van der Waals surface area contributed by atoms with Gasteiger partial charge in [0.2, 0.25) is 5.91 Å². The standard InChI is InChI=1S/C15H21N3O3.ClH/c1-16-11-12-6-8-17(9-7-12)15(19)10-13-4-2-3-5-14(13)18(20)21;/h2-5,12,16H,6-11H2,1H3;1H. The molecule has 0 saturated carbocycles. The van der Waals surface area contributed by atoms with Gasteiger partial charge < -0.3 is 10.2 Å². The fourth-order valence-electron chi connectivity index (χ4n) is 2.79. The van der Waals surface area contributed by atoms with Crippen molar-refractivity contribution < 1.29 is 9.72 Å². The van der Waals surface area contributed by atoms with Crippen LogP contribution in [0.1, 0.15) is 18.4 Å². The molecule has 1 N–H and O–H groups in total. The number of carbonyl (C=O) groups excluding carboxylic acids is 1. The molecule has 0 aliphatic carbocycles. The van der Waals surface area contributed by atoms with Crippen molar-refractivity contribution in [1.82, 2.24) is 10.2 Å². The van der Waals surface area contributed by atoms with Crippen molar-refractivity contribution in [3.8, 4) is 0 Å². The summed E-state index contributed by atoms with van der Waals surface area (Å²) in [6, 6.07) is 6.45. The molecule has 6 nitrogen and oxygen atoms in total. The largest absolute Gasteiger partial charge is 0.342 e. The third-order valence-electron chi connectivity index (χ3n) is 3.99. The molecule has 1 aliphatic heterocycles. The number of carbonyl (C=O) groups is 1. The van der Waals surface area contributed by atoms with Crippen molar-refractivity contribution in [1.29, 1.82) is 0 Å². The number of benzene rings is 1. The van der Waals surface area contributed by atoms with Gasteiger partial charge in [0.15, 0.2) is 0 Å². The highest BCUT2D eigenvalue weighted by molar-refractivity contribution is 5.85. The molecule has 1 saturated heterocycles. The minimum absolute atomic E-state index is 0. The number of rotatable bonds is 5. The van der Waals surface area contributed by atoms with E-state index in [-0.39, 0.29) is 30.4 Å². The Morgan fingerprint density at radius 2 is 2.00 bits per heavy atom. The zero-order valence-electron chi connectivity index (χ0n) is 12.7. The number of nitro benzene ring substituents is 1. The van der Waals surface area contributed by atoms with Crippen molar-refractivity contribution in [3.05, 3.63) is 39.9 Å². The normalized spacial score (nSPS) is 15.2. The summed E-state index contributed by atoms with van der Waals surface area (Å²) in [5.74, 6) is 0.595. The quantitative estimate of drug-likeness (QED) is 0.663. The monoisotopic (exact) mass is 327 g/mol. The van der Waals surface area contributed by atoms with Crippen LogP contribution in [0.25, 0.3) is 0 Å². The van der Waals surface area contributed by atoms with Crippen molar-refractivity contribution in [2.75, 3.05) is 26.7 Å². The van der Waals surface area contributed by atoms with Gasteiger partial charge in [-0.1, -0.05) is 18.2 Å². The molecule has 1 amide bonds. The maximum atomic E-state index is 12.3. The lowest BCUT2D eigenvalue weighted by Crippen LogP contribution is -2.41. The van der Waals surface area contributed by atoms with Gasteiger partial charge in [0.25, 0.3) is 5.69 Å². The van der Waals surface area contributed by atoms with E-state index in [1.165, 1.54) is 6.07 Å². The first-order valence-corrected chi connectivity index (χ1v) is 7.26. The third kappa shape index (κ3) is 4.68. The molecule has 0 spiro atoms. The first kappa shape index (κ1) is 18.4. The SMILES string of the molecule is CNCC1CCN(C(=O)Cc2ccccc2[N+](=O)[O-])CC1.Cl. The highest BCUT2D eigenvalue weighted by atomic mass is 35.5. The molecule has 0 bridgehead atoms. The Kier molecular flexibility index (Phi) is 7.27. The smallest absolute Gasteiger partial charge is 0.273 e. The van der Waals surface area contributed by atoms with Crippen molar-refractivity contribution in [2.45, 2.75) is 19.3 Å². The zero-order chi connectivity index (χ0) is 15.2. The number of halogens is 1. The molecule has 122 valence electrons. The van der Waals surface area contributed by atoms with Crippen LogP contribution in [0.5, 0.6) is 0 Å². The van der Waals surface area contributed by atoms with E-state index in [9.17, 15) is 14.9 Å². The topological polar surface area (TPSA) is 75.5 Å². The zero-order valence-corrected chi connectivity index (χ0v) is 13.5. The Morgan fingerprint density at radius 3 is 2.59 bits per heavy atom. The van der Waals surface area contributed by atoms with Crippen LogP contribution < -0.4 is 5.32 Å². The average molecular weight is 328 g/mol. The van der Waals surface area contributed by atoms with Gasteiger partial charge in [-0.3, -0.25) is 14.9 Å². The van der Waals surface area contributed by atoms with Gasteiger partial charge in [0.05, 0.1) is 11.3 Å². The Hall–Kier alpha value is -1.66. The Morgan fingerprint density at radius 1 is 1.36 bits per heavy atom. The number of nitrogens with zero attached hydrogens (tertiary/aromatic N) is 2. The van der Waals surface area contributed by atoms with Crippen molar-refractivity contribution in [3.63, 3.8) is 0 Å². The van der Waals surface area contributed by atoms with E-state index < -0.39 is 4.92 Å². The molecule has 1 heterocycles. The predicted octanol–water partition coefficient (Wildman–Crippen LogP) is 2.02. The summed E-state index contributed by atoms with van der Waals surface area (Å²) in [6.45, 7) is 2.46. The lowest BCUT2D eigenvalue weighted by molar-refractivity contribution is -0.385. The molecule has 22 heavy (non-hydrogen) atoms. The van der Waals surface area contributed by atoms with Crippen LogP contribution in [0.3, 0.4) is 0 Å². The van der Waals surface area contributed by atoms with Gasteiger partial charge in [-0.25, -0.2) is 0 Å². The van der Waals surface area contributed by atoms with Gasteiger partial charge >= 0.3 is 0 Å². The molecule has 2 rings (SSSR count). The number of likely N-dealkylation sites (tertiary alicyclic amines) is 1. The highest BCUT2D eigenvalue weighted by Crippen LogP contribution is 2.21. The molecule has 0 radical (unpaired) electrons. The summed E-state index contributed by atoms with van der Waals surface area (Å²) in [7, 11) is 1.94. The maximum absolute atomic E-state index is 12.3. The summed E-state index contributed by atoms with van der Waals surface area (Å²) < 4.78 is 0. The number of nitro groups is 1. The Balaban J connectivity index is 0.00000242. The van der Waals surface area contributed by atoms with Gasteiger partial charge in [0, 0.05) is 24.7 Å². The molecular weight excluding hydrogens is 306 g/mol. The summed E-state index contributed by atoms with van der Waals surface area (Å²) in [5, 5.41) is 14.1. The number of hydrogen-bond donors (Lipinski definition) is 1. The second-order valence-corrected chi connectivity index (χ2v) is 5.44. The van der Waals surface area contributed by atoms with Gasteiger partial charge in [0.1, 0.15) is 0 Å². The molecule has 1 fully saturated rings. The highest BCUT2D eigenvalue weighted by Gasteiger charge is 2.24. The summed E-state index contributed by atoms with van der Waals surface area (Å²) >= 11 is 0. The first-order chi connectivity index (χ1) is 10.1. The number of nitrogens with one attached hydrogen (secondary N) is 1. The molecule has 1 aromatic rings. The van der Waals surface area contributed by atoms with E-state index in [4.69, 9.17) is 0 Å². The molecule has 0 aromatic heterocycles. The van der Waals surface area contributed by atoms with Crippen LogP contribution in [0.15, 0.2) is 24.3 Å². The second-order valence-electron chi connectivity index (χ2n) is 5.44. The first-order valence-electron chi connectivity index (χ1n) is 7.26. The molecule has 7 heteroatoms.